The van der Waals surface area contributed by atoms with Crippen LogP contribution in [-0.4, -0.2) is 34.6 Å². The highest BCUT2D eigenvalue weighted by atomic mass is 32.1. The third kappa shape index (κ3) is 3.22. The van der Waals surface area contributed by atoms with Crippen LogP contribution >= 0.6 is 11.3 Å². The molecule has 0 unspecified atom stereocenters. The average molecular weight is 268 g/mol. The lowest BCUT2D eigenvalue weighted by atomic mass is 10.2. The second kappa shape index (κ2) is 5.39. The normalized spacial score (nSPS) is 14.3. The predicted octanol–water partition coefficient (Wildman–Crippen LogP) is 1.82. The van der Waals surface area contributed by atoms with E-state index in [1.165, 1.54) is 4.90 Å². The molecule has 0 aromatic carbocycles. The van der Waals surface area contributed by atoms with Gasteiger partial charge in [-0.15, -0.1) is 0 Å². The van der Waals surface area contributed by atoms with Gasteiger partial charge < -0.3 is 15.3 Å². The Labute approximate surface area is 109 Å². The molecule has 1 fully saturated rings. The van der Waals surface area contributed by atoms with Crippen LogP contribution in [0.25, 0.3) is 0 Å². The van der Waals surface area contributed by atoms with E-state index >= 15 is 0 Å². The number of aliphatic carboxylic acids is 1. The van der Waals surface area contributed by atoms with Crippen molar-refractivity contribution in [2.24, 2.45) is 0 Å². The van der Waals surface area contributed by atoms with Gasteiger partial charge in [0.25, 0.3) is 0 Å². The number of carbonyl (C=O) groups excluding carboxylic acids is 1. The van der Waals surface area contributed by atoms with Crippen LogP contribution in [0.4, 0.5) is 4.79 Å². The molecule has 1 aromatic rings. The maximum absolute atomic E-state index is 11.9. The van der Waals surface area contributed by atoms with Crippen molar-refractivity contribution in [1.29, 1.82) is 0 Å². The van der Waals surface area contributed by atoms with E-state index in [-0.39, 0.29) is 18.6 Å². The van der Waals surface area contributed by atoms with Crippen LogP contribution in [0.2, 0.25) is 0 Å². The highest BCUT2D eigenvalue weighted by Crippen LogP contribution is 2.26. The summed E-state index contributed by atoms with van der Waals surface area (Å²) in [5.74, 6) is -0.969. The lowest BCUT2D eigenvalue weighted by molar-refractivity contribution is -0.137. The number of carboxylic acids is 1. The number of nitrogens with one attached hydrogen (secondary N) is 1. The number of amides is 2. The molecule has 0 saturated heterocycles. The number of hydrogen-bond acceptors (Lipinski definition) is 3. The molecule has 0 bridgehead atoms. The number of carboxylic acid groups (broad SMARTS) is 1. The van der Waals surface area contributed by atoms with Gasteiger partial charge in [-0.3, -0.25) is 4.79 Å². The molecule has 5 nitrogen and oxygen atoms in total. The number of urea groups is 1. The van der Waals surface area contributed by atoms with Gasteiger partial charge in [0.15, 0.2) is 0 Å². The molecule has 0 radical (unpaired) electrons. The van der Waals surface area contributed by atoms with Crippen molar-refractivity contribution >= 4 is 23.3 Å². The molecule has 0 spiro atoms. The monoisotopic (exact) mass is 268 g/mol. The van der Waals surface area contributed by atoms with Gasteiger partial charge >= 0.3 is 12.0 Å². The van der Waals surface area contributed by atoms with Crippen LogP contribution in [0.1, 0.15) is 24.0 Å². The van der Waals surface area contributed by atoms with Crippen molar-refractivity contribution in [3.8, 4) is 0 Å². The topological polar surface area (TPSA) is 69.6 Å². The summed E-state index contributed by atoms with van der Waals surface area (Å²) in [7, 11) is 0. The fraction of sp³-hybridized carbons (Fsp3) is 0.500. The minimum atomic E-state index is -0.969. The van der Waals surface area contributed by atoms with Crippen LogP contribution < -0.4 is 5.32 Å². The standard InChI is InChI=1S/C12H16N2O3S/c1-8-6-18-7-9(8)4-13-12(17)14(5-11(15)16)10-2-3-10/h6-7,10H,2-5H2,1H3,(H,13,17)(H,15,16). The van der Waals surface area contributed by atoms with Crippen molar-refractivity contribution < 1.29 is 14.7 Å². The second-order valence-corrected chi connectivity index (χ2v) is 5.24. The molecule has 18 heavy (non-hydrogen) atoms. The Bertz CT molecular complexity index is 454. The molecule has 2 amide bonds. The van der Waals surface area contributed by atoms with E-state index in [0.29, 0.717) is 6.54 Å². The van der Waals surface area contributed by atoms with E-state index in [1.54, 1.807) is 11.3 Å². The van der Waals surface area contributed by atoms with Gasteiger partial charge in [0.05, 0.1) is 0 Å². The van der Waals surface area contributed by atoms with Crippen molar-refractivity contribution in [3.63, 3.8) is 0 Å². The summed E-state index contributed by atoms with van der Waals surface area (Å²) in [5.41, 5.74) is 2.23. The third-order valence-corrected chi connectivity index (χ3v) is 3.86. The van der Waals surface area contributed by atoms with Gasteiger partial charge in [0, 0.05) is 12.6 Å². The molecule has 0 atom stereocenters. The van der Waals surface area contributed by atoms with Gasteiger partial charge in [-0.25, -0.2) is 4.79 Å². The highest BCUT2D eigenvalue weighted by Gasteiger charge is 2.33. The summed E-state index contributed by atoms with van der Waals surface area (Å²) in [6, 6.07) is -0.185. The lowest BCUT2D eigenvalue weighted by Crippen LogP contribution is -2.43. The Hall–Kier alpha value is -1.56. The maximum atomic E-state index is 11.9. The summed E-state index contributed by atoms with van der Waals surface area (Å²) >= 11 is 1.60. The van der Waals surface area contributed by atoms with Crippen LogP contribution in [0.15, 0.2) is 10.8 Å². The van der Waals surface area contributed by atoms with E-state index < -0.39 is 5.97 Å². The van der Waals surface area contributed by atoms with Crippen molar-refractivity contribution in [2.45, 2.75) is 32.4 Å². The number of hydrogen-bond donors (Lipinski definition) is 2. The van der Waals surface area contributed by atoms with Gasteiger partial charge in [-0.1, -0.05) is 0 Å². The molecule has 6 heteroatoms. The fourth-order valence-electron chi connectivity index (χ4n) is 1.74. The lowest BCUT2D eigenvalue weighted by Gasteiger charge is -2.20. The van der Waals surface area contributed by atoms with Gasteiger partial charge in [0.2, 0.25) is 0 Å². The first-order chi connectivity index (χ1) is 8.58. The SMILES string of the molecule is Cc1cscc1CNC(=O)N(CC(=O)O)C1CC1. The average Bonchev–Trinajstić information content (AvgIpc) is 3.07. The third-order valence-electron chi connectivity index (χ3n) is 2.95. The highest BCUT2D eigenvalue weighted by molar-refractivity contribution is 7.08. The number of carbonyl (C=O) groups is 2. The smallest absolute Gasteiger partial charge is 0.323 e. The van der Waals surface area contributed by atoms with Crippen LogP contribution in [-0.2, 0) is 11.3 Å². The zero-order valence-corrected chi connectivity index (χ0v) is 11.0. The zero-order chi connectivity index (χ0) is 13.1. The molecular formula is C12H16N2O3S. The molecule has 98 valence electrons. The molecule has 1 saturated carbocycles. The molecular weight excluding hydrogens is 252 g/mol. The van der Waals surface area contributed by atoms with Crippen LogP contribution in [0.5, 0.6) is 0 Å². The van der Waals surface area contributed by atoms with Crippen molar-refractivity contribution in [2.75, 3.05) is 6.54 Å². The Morgan fingerprint density at radius 1 is 1.50 bits per heavy atom. The first-order valence-corrected chi connectivity index (χ1v) is 6.80. The Balaban J connectivity index is 1.89. The summed E-state index contributed by atoms with van der Waals surface area (Å²) in [4.78, 5) is 24.0. The largest absolute Gasteiger partial charge is 0.480 e. The minimum absolute atomic E-state index is 0.102. The van der Waals surface area contributed by atoms with Crippen LogP contribution in [0.3, 0.4) is 0 Å². The minimum Gasteiger partial charge on any atom is -0.480 e. The molecule has 1 aromatic heterocycles. The molecule has 2 N–H and O–H groups in total. The molecule has 1 heterocycles. The number of aryl methyl sites for hydroxylation is 1. The van der Waals surface area contributed by atoms with Gasteiger partial charge in [-0.05, 0) is 41.7 Å². The maximum Gasteiger partial charge on any atom is 0.323 e. The van der Waals surface area contributed by atoms with E-state index in [4.69, 9.17) is 5.11 Å². The van der Waals surface area contributed by atoms with E-state index in [1.807, 2.05) is 17.7 Å². The van der Waals surface area contributed by atoms with Crippen molar-refractivity contribution in [1.82, 2.24) is 10.2 Å². The second-order valence-electron chi connectivity index (χ2n) is 4.49. The molecule has 1 aliphatic rings. The van der Waals surface area contributed by atoms with Crippen LogP contribution in [0, 0.1) is 6.92 Å². The van der Waals surface area contributed by atoms with Gasteiger partial charge in [0.1, 0.15) is 6.54 Å². The number of rotatable bonds is 5. The summed E-state index contributed by atoms with van der Waals surface area (Å²) < 4.78 is 0. The van der Waals surface area contributed by atoms with E-state index in [2.05, 4.69) is 5.32 Å². The quantitative estimate of drug-likeness (QED) is 0.855. The first-order valence-electron chi connectivity index (χ1n) is 5.86. The fourth-order valence-corrected chi connectivity index (χ4v) is 2.60. The summed E-state index contributed by atoms with van der Waals surface area (Å²) in [6.45, 7) is 2.23. The molecule has 0 aliphatic heterocycles. The molecule has 2 rings (SSSR count). The summed E-state index contributed by atoms with van der Waals surface area (Å²) in [6.07, 6.45) is 1.80. The Kier molecular flexibility index (Phi) is 3.86. The van der Waals surface area contributed by atoms with Gasteiger partial charge in [-0.2, -0.15) is 11.3 Å². The predicted molar refractivity (Wildman–Crippen MR) is 68.7 cm³/mol. The zero-order valence-electron chi connectivity index (χ0n) is 10.2. The van der Waals surface area contributed by atoms with E-state index in [9.17, 15) is 9.59 Å². The number of thiophene rings is 1. The first kappa shape index (κ1) is 12.9. The summed E-state index contributed by atoms with van der Waals surface area (Å²) in [5, 5.41) is 15.6. The number of nitrogens with zero attached hydrogens (tertiary/aromatic N) is 1. The Morgan fingerprint density at radius 2 is 2.22 bits per heavy atom. The van der Waals surface area contributed by atoms with Crippen molar-refractivity contribution in [3.05, 3.63) is 21.9 Å². The molecule has 1 aliphatic carbocycles. The Morgan fingerprint density at radius 3 is 2.72 bits per heavy atom. The van der Waals surface area contributed by atoms with E-state index in [0.717, 1.165) is 24.0 Å².